The Hall–Kier alpha value is -0.860. The first-order chi connectivity index (χ1) is 9.07. The highest BCUT2D eigenvalue weighted by Gasteiger charge is 2.27. The predicted molar refractivity (Wildman–Crippen MR) is 82.2 cm³/mol. The van der Waals surface area contributed by atoms with Gasteiger partial charge in [0.05, 0.1) is 6.10 Å². The van der Waals surface area contributed by atoms with E-state index in [1.54, 1.807) is 0 Å². The van der Waals surface area contributed by atoms with Crippen LogP contribution in [0.25, 0.3) is 0 Å². The highest BCUT2D eigenvalue weighted by molar-refractivity contribution is 5.19. The summed E-state index contributed by atoms with van der Waals surface area (Å²) in [7, 11) is 2.13. The van der Waals surface area contributed by atoms with E-state index in [0.717, 1.165) is 12.1 Å². The van der Waals surface area contributed by atoms with E-state index in [9.17, 15) is 5.11 Å². The molecule has 1 N–H and O–H groups in total. The second-order valence-corrected chi connectivity index (χ2v) is 5.78. The highest BCUT2D eigenvalue weighted by atomic mass is 16.3. The van der Waals surface area contributed by atoms with Crippen LogP contribution >= 0.6 is 0 Å². The summed E-state index contributed by atoms with van der Waals surface area (Å²) in [6.07, 6.45) is 3.29. The van der Waals surface area contributed by atoms with Crippen LogP contribution in [0, 0.1) is 5.92 Å². The molecule has 1 aromatic rings. The minimum absolute atomic E-state index is 0.180. The molecule has 0 aromatic heterocycles. The molecule has 108 valence electrons. The van der Waals surface area contributed by atoms with E-state index >= 15 is 0 Å². The molecule has 2 heteroatoms. The molecule has 0 bridgehead atoms. The third-order valence-electron chi connectivity index (χ3n) is 3.77. The molecule has 0 amide bonds. The van der Waals surface area contributed by atoms with Gasteiger partial charge in [-0.1, -0.05) is 63.9 Å². The van der Waals surface area contributed by atoms with Crippen molar-refractivity contribution in [2.75, 3.05) is 13.6 Å². The largest absolute Gasteiger partial charge is 0.387 e. The lowest BCUT2D eigenvalue weighted by molar-refractivity contribution is 0.0356. The Morgan fingerprint density at radius 2 is 1.74 bits per heavy atom. The number of aliphatic hydroxyl groups is 1. The monoisotopic (exact) mass is 263 g/mol. The predicted octanol–water partition coefficient (Wildman–Crippen LogP) is 3.87. The standard InChI is InChI=1S/C17H29NO/c1-5-6-10-13-18(4)16(14(2)3)17(19)15-11-8-7-9-12-15/h7-9,11-12,14,16-17,19H,5-6,10,13H2,1-4H3. The van der Waals surface area contributed by atoms with Gasteiger partial charge in [-0.15, -0.1) is 0 Å². The number of benzene rings is 1. The second-order valence-electron chi connectivity index (χ2n) is 5.78. The number of hydrogen-bond donors (Lipinski definition) is 1. The van der Waals surface area contributed by atoms with Crippen molar-refractivity contribution < 1.29 is 5.11 Å². The Bertz CT molecular complexity index is 336. The summed E-state index contributed by atoms with van der Waals surface area (Å²) >= 11 is 0. The molecule has 0 fully saturated rings. The summed E-state index contributed by atoms with van der Waals surface area (Å²) < 4.78 is 0. The van der Waals surface area contributed by atoms with Gasteiger partial charge in [0, 0.05) is 6.04 Å². The fourth-order valence-corrected chi connectivity index (χ4v) is 2.72. The Kier molecular flexibility index (Phi) is 7.11. The topological polar surface area (TPSA) is 23.5 Å². The van der Waals surface area contributed by atoms with Crippen LogP contribution in [0.4, 0.5) is 0 Å². The Morgan fingerprint density at radius 3 is 2.26 bits per heavy atom. The fourth-order valence-electron chi connectivity index (χ4n) is 2.72. The molecule has 0 aliphatic rings. The molecule has 2 nitrogen and oxygen atoms in total. The molecule has 2 atom stereocenters. The first-order valence-corrected chi connectivity index (χ1v) is 7.51. The lowest BCUT2D eigenvalue weighted by Gasteiger charge is -2.35. The number of likely N-dealkylation sites (N-methyl/N-ethyl adjacent to an activating group) is 1. The van der Waals surface area contributed by atoms with Crippen molar-refractivity contribution >= 4 is 0 Å². The molecule has 1 aromatic carbocycles. The highest BCUT2D eigenvalue weighted by Crippen LogP contribution is 2.26. The van der Waals surface area contributed by atoms with E-state index in [0.29, 0.717) is 5.92 Å². The van der Waals surface area contributed by atoms with E-state index in [4.69, 9.17) is 0 Å². The summed E-state index contributed by atoms with van der Waals surface area (Å²) in [5.41, 5.74) is 1.02. The van der Waals surface area contributed by atoms with Crippen LogP contribution in [0.1, 0.15) is 51.7 Å². The van der Waals surface area contributed by atoms with Gasteiger partial charge in [-0.05, 0) is 31.5 Å². The zero-order chi connectivity index (χ0) is 14.3. The van der Waals surface area contributed by atoms with Crippen molar-refractivity contribution in [2.45, 2.75) is 52.2 Å². The quantitative estimate of drug-likeness (QED) is 0.720. The molecule has 0 radical (unpaired) electrons. The molecule has 2 unspecified atom stereocenters. The lowest BCUT2D eigenvalue weighted by atomic mass is 9.92. The van der Waals surface area contributed by atoms with Crippen molar-refractivity contribution in [3.8, 4) is 0 Å². The molecule has 0 heterocycles. The normalized spacial score (nSPS) is 14.9. The second kappa shape index (κ2) is 8.34. The van der Waals surface area contributed by atoms with Gasteiger partial charge < -0.3 is 10.0 Å². The zero-order valence-electron chi connectivity index (χ0n) is 12.8. The molecular weight excluding hydrogens is 234 g/mol. The van der Waals surface area contributed by atoms with Crippen molar-refractivity contribution in [2.24, 2.45) is 5.92 Å². The van der Waals surface area contributed by atoms with Crippen molar-refractivity contribution in [1.29, 1.82) is 0 Å². The van der Waals surface area contributed by atoms with Gasteiger partial charge >= 0.3 is 0 Å². The van der Waals surface area contributed by atoms with Crippen molar-refractivity contribution in [3.63, 3.8) is 0 Å². The zero-order valence-corrected chi connectivity index (χ0v) is 12.8. The molecule has 0 saturated carbocycles. The van der Waals surface area contributed by atoms with Crippen LogP contribution < -0.4 is 0 Å². The van der Waals surface area contributed by atoms with Gasteiger partial charge in [-0.25, -0.2) is 0 Å². The summed E-state index contributed by atoms with van der Waals surface area (Å²) in [4.78, 5) is 2.32. The maximum absolute atomic E-state index is 10.6. The number of hydrogen-bond acceptors (Lipinski definition) is 2. The van der Waals surface area contributed by atoms with E-state index in [1.165, 1.54) is 19.3 Å². The van der Waals surface area contributed by atoms with Gasteiger partial charge in [0.25, 0.3) is 0 Å². The molecule has 0 saturated heterocycles. The van der Waals surface area contributed by atoms with Gasteiger partial charge in [0.15, 0.2) is 0 Å². The Morgan fingerprint density at radius 1 is 1.11 bits per heavy atom. The van der Waals surface area contributed by atoms with Crippen LogP contribution in [0.15, 0.2) is 30.3 Å². The average molecular weight is 263 g/mol. The minimum atomic E-state index is -0.409. The minimum Gasteiger partial charge on any atom is -0.387 e. The van der Waals surface area contributed by atoms with E-state index in [1.807, 2.05) is 30.3 Å². The maximum atomic E-state index is 10.6. The SMILES string of the molecule is CCCCCN(C)C(C(C)C)C(O)c1ccccc1. The number of rotatable bonds is 8. The molecule has 0 aliphatic carbocycles. The smallest absolute Gasteiger partial charge is 0.0947 e. The summed E-state index contributed by atoms with van der Waals surface area (Å²) in [5, 5.41) is 10.6. The van der Waals surface area contributed by atoms with Gasteiger partial charge in [-0.2, -0.15) is 0 Å². The summed E-state index contributed by atoms with van der Waals surface area (Å²) in [6, 6.07) is 10.2. The summed E-state index contributed by atoms with van der Waals surface area (Å²) in [5.74, 6) is 0.432. The van der Waals surface area contributed by atoms with Gasteiger partial charge in [-0.3, -0.25) is 0 Å². The van der Waals surface area contributed by atoms with Crippen LogP contribution in [0.5, 0.6) is 0 Å². The van der Waals surface area contributed by atoms with E-state index < -0.39 is 6.10 Å². The lowest BCUT2D eigenvalue weighted by Crippen LogP contribution is -2.41. The number of aliphatic hydroxyl groups excluding tert-OH is 1. The molecule has 19 heavy (non-hydrogen) atoms. The fraction of sp³-hybridized carbons (Fsp3) is 0.647. The van der Waals surface area contributed by atoms with Crippen LogP contribution in [0.2, 0.25) is 0 Å². The number of nitrogens with zero attached hydrogens (tertiary/aromatic N) is 1. The average Bonchev–Trinajstić information content (AvgIpc) is 2.39. The molecule has 0 aliphatic heterocycles. The number of unbranched alkanes of at least 4 members (excludes halogenated alkanes) is 2. The van der Waals surface area contributed by atoms with Gasteiger partial charge in [0.1, 0.15) is 0 Å². The van der Waals surface area contributed by atoms with Crippen molar-refractivity contribution in [1.82, 2.24) is 4.90 Å². The Balaban J connectivity index is 2.71. The Labute approximate surface area is 118 Å². The van der Waals surface area contributed by atoms with Crippen LogP contribution in [0.3, 0.4) is 0 Å². The third kappa shape index (κ3) is 4.96. The molecule has 1 rings (SSSR count). The van der Waals surface area contributed by atoms with Crippen LogP contribution in [-0.2, 0) is 0 Å². The molecular formula is C17H29NO. The third-order valence-corrected chi connectivity index (χ3v) is 3.77. The van der Waals surface area contributed by atoms with Crippen molar-refractivity contribution in [3.05, 3.63) is 35.9 Å². The maximum Gasteiger partial charge on any atom is 0.0947 e. The molecule has 0 spiro atoms. The van der Waals surface area contributed by atoms with Gasteiger partial charge in [0.2, 0.25) is 0 Å². The van der Waals surface area contributed by atoms with Crippen LogP contribution in [-0.4, -0.2) is 29.6 Å². The summed E-state index contributed by atoms with van der Waals surface area (Å²) in [6.45, 7) is 7.65. The first-order valence-electron chi connectivity index (χ1n) is 7.51. The first kappa shape index (κ1) is 16.2. The van der Waals surface area contributed by atoms with E-state index in [2.05, 4.69) is 32.7 Å². The van der Waals surface area contributed by atoms with E-state index in [-0.39, 0.29) is 6.04 Å².